The molecule has 1 aliphatic heterocycles. The van der Waals surface area contributed by atoms with Gasteiger partial charge in [0.25, 0.3) is 5.69 Å². The summed E-state index contributed by atoms with van der Waals surface area (Å²) in [6.07, 6.45) is 3.37. The van der Waals surface area contributed by atoms with Crippen LogP contribution in [-0.4, -0.2) is 17.4 Å². The van der Waals surface area contributed by atoms with Crippen LogP contribution < -0.4 is 10.6 Å². The fraction of sp³-hybridized carbons (Fsp3) is 0.462. The standard InChI is InChI=1S/C13H17N3O3/c1-2-3-4-5-14-11-8-10-9(7-13(17)15-10)6-12(11)16(18)19/h6,8,14H,2-5,7H2,1H3,(H,15,17). The number of carbonyl (C=O) groups excluding carboxylic acids is 1. The summed E-state index contributed by atoms with van der Waals surface area (Å²) >= 11 is 0. The maximum absolute atomic E-state index is 11.3. The largest absolute Gasteiger partial charge is 0.379 e. The van der Waals surface area contributed by atoms with E-state index in [9.17, 15) is 14.9 Å². The second-order valence-electron chi connectivity index (χ2n) is 4.64. The molecule has 102 valence electrons. The molecule has 2 N–H and O–H groups in total. The summed E-state index contributed by atoms with van der Waals surface area (Å²) < 4.78 is 0. The molecule has 6 nitrogen and oxygen atoms in total. The van der Waals surface area contributed by atoms with Gasteiger partial charge in [0.05, 0.1) is 11.3 Å². The molecule has 1 amide bonds. The molecule has 0 radical (unpaired) electrons. The highest BCUT2D eigenvalue weighted by Gasteiger charge is 2.24. The maximum atomic E-state index is 11.3. The Morgan fingerprint density at radius 2 is 2.21 bits per heavy atom. The summed E-state index contributed by atoms with van der Waals surface area (Å²) in [6, 6.07) is 3.14. The second-order valence-corrected chi connectivity index (χ2v) is 4.64. The number of nitrogens with one attached hydrogen (secondary N) is 2. The highest BCUT2D eigenvalue weighted by Crippen LogP contribution is 2.34. The molecule has 0 aliphatic carbocycles. The zero-order valence-electron chi connectivity index (χ0n) is 10.9. The Morgan fingerprint density at radius 1 is 1.42 bits per heavy atom. The molecule has 2 rings (SSSR count). The van der Waals surface area contributed by atoms with Crippen molar-refractivity contribution < 1.29 is 9.72 Å². The van der Waals surface area contributed by atoms with Crippen LogP contribution in [0.15, 0.2) is 12.1 Å². The summed E-state index contributed by atoms with van der Waals surface area (Å²) in [7, 11) is 0. The van der Waals surface area contributed by atoms with Gasteiger partial charge in [0.15, 0.2) is 0 Å². The number of hydrogen-bond acceptors (Lipinski definition) is 4. The van der Waals surface area contributed by atoms with Gasteiger partial charge in [-0.2, -0.15) is 0 Å². The molecule has 1 aromatic carbocycles. The number of hydrogen-bond donors (Lipinski definition) is 2. The number of nitrogens with zero attached hydrogens (tertiary/aromatic N) is 1. The van der Waals surface area contributed by atoms with Crippen LogP contribution in [0.25, 0.3) is 0 Å². The molecule has 1 heterocycles. The van der Waals surface area contributed by atoms with Gasteiger partial charge in [-0.15, -0.1) is 0 Å². The van der Waals surface area contributed by atoms with E-state index in [1.807, 2.05) is 0 Å². The molecule has 0 saturated heterocycles. The molecule has 0 bridgehead atoms. The molecule has 0 saturated carbocycles. The Kier molecular flexibility index (Phi) is 3.99. The minimum Gasteiger partial charge on any atom is -0.379 e. The third-order valence-electron chi connectivity index (χ3n) is 3.14. The van der Waals surface area contributed by atoms with Crippen molar-refractivity contribution in [2.24, 2.45) is 0 Å². The van der Waals surface area contributed by atoms with Crippen molar-refractivity contribution in [1.82, 2.24) is 0 Å². The molecule has 0 aromatic heterocycles. The van der Waals surface area contributed by atoms with Crippen LogP contribution in [0, 0.1) is 10.1 Å². The smallest absolute Gasteiger partial charge is 0.292 e. The van der Waals surface area contributed by atoms with Crippen molar-refractivity contribution in [2.45, 2.75) is 32.6 Å². The maximum Gasteiger partial charge on any atom is 0.292 e. The van der Waals surface area contributed by atoms with Gasteiger partial charge in [0.1, 0.15) is 5.69 Å². The Balaban J connectivity index is 2.19. The van der Waals surface area contributed by atoms with Gasteiger partial charge in [0.2, 0.25) is 5.91 Å². The van der Waals surface area contributed by atoms with Gasteiger partial charge in [-0.25, -0.2) is 0 Å². The van der Waals surface area contributed by atoms with Crippen molar-refractivity contribution in [3.8, 4) is 0 Å². The van der Waals surface area contributed by atoms with Crippen LogP contribution >= 0.6 is 0 Å². The zero-order valence-corrected chi connectivity index (χ0v) is 10.9. The van der Waals surface area contributed by atoms with Gasteiger partial charge < -0.3 is 10.6 Å². The predicted molar refractivity (Wildman–Crippen MR) is 73.4 cm³/mol. The lowest BCUT2D eigenvalue weighted by atomic mass is 10.1. The SMILES string of the molecule is CCCCCNc1cc2c(cc1[N+](=O)[O-])CC(=O)N2. The summed E-state index contributed by atoms with van der Waals surface area (Å²) in [6.45, 7) is 2.80. The summed E-state index contributed by atoms with van der Waals surface area (Å²) in [5.41, 5.74) is 1.87. The third kappa shape index (κ3) is 3.01. The van der Waals surface area contributed by atoms with Crippen molar-refractivity contribution in [3.05, 3.63) is 27.8 Å². The van der Waals surface area contributed by atoms with E-state index < -0.39 is 4.92 Å². The lowest BCUT2D eigenvalue weighted by Gasteiger charge is -2.09. The normalized spacial score (nSPS) is 13.0. The minimum absolute atomic E-state index is 0.0340. The van der Waals surface area contributed by atoms with E-state index in [4.69, 9.17) is 0 Å². The lowest BCUT2D eigenvalue weighted by Crippen LogP contribution is -2.05. The van der Waals surface area contributed by atoms with Gasteiger partial charge in [-0.1, -0.05) is 19.8 Å². The number of benzene rings is 1. The average Bonchev–Trinajstić information content (AvgIpc) is 2.72. The number of nitro groups is 1. The lowest BCUT2D eigenvalue weighted by molar-refractivity contribution is -0.384. The number of anilines is 2. The molecular weight excluding hydrogens is 246 g/mol. The Hall–Kier alpha value is -2.11. The predicted octanol–water partition coefficient (Wildman–Crippen LogP) is 2.69. The number of nitro benzene ring substituents is 1. The summed E-state index contributed by atoms with van der Waals surface area (Å²) in [5, 5.41) is 16.8. The van der Waals surface area contributed by atoms with E-state index in [0.717, 1.165) is 19.3 Å². The number of carbonyl (C=O) groups is 1. The van der Waals surface area contributed by atoms with Gasteiger partial charge in [0, 0.05) is 18.3 Å². The number of fused-ring (bicyclic) bond motifs is 1. The van der Waals surface area contributed by atoms with Crippen LogP contribution in [-0.2, 0) is 11.2 Å². The van der Waals surface area contributed by atoms with Crippen molar-refractivity contribution in [2.75, 3.05) is 17.2 Å². The molecule has 0 spiro atoms. The first-order chi connectivity index (χ1) is 9.11. The molecule has 6 heteroatoms. The van der Waals surface area contributed by atoms with Crippen LogP contribution in [0.5, 0.6) is 0 Å². The summed E-state index contributed by atoms with van der Waals surface area (Å²) in [5.74, 6) is -0.118. The highest BCUT2D eigenvalue weighted by atomic mass is 16.6. The van der Waals surface area contributed by atoms with Gasteiger partial charge in [-0.05, 0) is 18.1 Å². The fourth-order valence-corrected chi connectivity index (χ4v) is 2.15. The van der Waals surface area contributed by atoms with Crippen molar-refractivity contribution >= 4 is 23.0 Å². The molecule has 1 aliphatic rings. The molecule has 0 fully saturated rings. The van der Waals surface area contributed by atoms with E-state index in [-0.39, 0.29) is 18.0 Å². The van der Waals surface area contributed by atoms with Gasteiger partial charge >= 0.3 is 0 Å². The first-order valence-corrected chi connectivity index (χ1v) is 6.47. The third-order valence-corrected chi connectivity index (χ3v) is 3.14. The minimum atomic E-state index is -0.411. The first-order valence-electron chi connectivity index (χ1n) is 6.47. The molecule has 1 aromatic rings. The van der Waals surface area contributed by atoms with Crippen LogP contribution in [0.2, 0.25) is 0 Å². The topological polar surface area (TPSA) is 84.3 Å². The fourth-order valence-electron chi connectivity index (χ4n) is 2.15. The van der Waals surface area contributed by atoms with Gasteiger partial charge in [-0.3, -0.25) is 14.9 Å². The zero-order chi connectivity index (χ0) is 13.8. The molecule has 0 atom stereocenters. The average molecular weight is 263 g/mol. The molecular formula is C13H17N3O3. The first kappa shape index (κ1) is 13.3. The molecule has 0 unspecified atom stereocenters. The number of unbranched alkanes of at least 4 members (excludes halogenated alkanes) is 2. The Morgan fingerprint density at radius 3 is 2.89 bits per heavy atom. The number of amides is 1. The van der Waals surface area contributed by atoms with Crippen LogP contribution in [0.3, 0.4) is 0 Å². The van der Waals surface area contributed by atoms with Crippen LogP contribution in [0.1, 0.15) is 31.7 Å². The summed E-state index contributed by atoms with van der Waals surface area (Å²) in [4.78, 5) is 21.9. The van der Waals surface area contributed by atoms with Crippen molar-refractivity contribution in [1.29, 1.82) is 0 Å². The van der Waals surface area contributed by atoms with Crippen molar-refractivity contribution in [3.63, 3.8) is 0 Å². The van der Waals surface area contributed by atoms with E-state index in [2.05, 4.69) is 17.6 Å². The number of rotatable bonds is 6. The second kappa shape index (κ2) is 5.69. The van der Waals surface area contributed by atoms with E-state index >= 15 is 0 Å². The van der Waals surface area contributed by atoms with Crippen LogP contribution in [0.4, 0.5) is 17.1 Å². The quantitative estimate of drug-likeness (QED) is 0.469. The Labute approximate surface area is 111 Å². The Bertz CT molecular complexity index is 514. The van der Waals surface area contributed by atoms with E-state index in [0.29, 0.717) is 23.5 Å². The molecule has 19 heavy (non-hydrogen) atoms. The van der Waals surface area contributed by atoms with E-state index in [1.165, 1.54) is 6.07 Å². The monoisotopic (exact) mass is 263 g/mol. The highest BCUT2D eigenvalue weighted by molar-refractivity contribution is 6.00. The van der Waals surface area contributed by atoms with E-state index in [1.54, 1.807) is 6.07 Å².